The molecule has 1 atom stereocenters. The maximum absolute atomic E-state index is 14.1. The van der Waals surface area contributed by atoms with Gasteiger partial charge in [0.1, 0.15) is 5.82 Å². The number of hydrogen-bond donors (Lipinski definition) is 1. The predicted octanol–water partition coefficient (Wildman–Crippen LogP) is 1.57. The molecule has 1 N–H and O–H groups in total. The van der Waals surface area contributed by atoms with Crippen LogP contribution in [-0.2, 0) is 9.31 Å². The quantitative estimate of drug-likeness (QED) is 0.826. The second-order valence-corrected chi connectivity index (χ2v) is 5.89. The minimum Gasteiger partial charge on any atom is -0.399 e. The van der Waals surface area contributed by atoms with Crippen LogP contribution in [0.2, 0.25) is 0 Å². The lowest BCUT2D eigenvalue weighted by atomic mass is 9.79. The number of pyridine rings is 1. The van der Waals surface area contributed by atoms with Crippen molar-refractivity contribution >= 4 is 12.6 Å². The van der Waals surface area contributed by atoms with Gasteiger partial charge in [0.25, 0.3) is 0 Å². The molecule has 104 valence electrons. The second kappa shape index (κ2) is 4.54. The summed E-state index contributed by atoms with van der Waals surface area (Å²) in [6, 6.07) is 1.21. The van der Waals surface area contributed by atoms with Gasteiger partial charge in [0.15, 0.2) is 0 Å². The first-order valence-electron chi connectivity index (χ1n) is 6.33. The van der Waals surface area contributed by atoms with Crippen molar-refractivity contribution in [3.63, 3.8) is 0 Å². The Morgan fingerprint density at radius 2 is 1.79 bits per heavy atom. The van der Waals surface area contributed by atoms with Gasteiger partial charge in [0, 0.05) is 11.7 Å². The first-order chi connectivity index (χ1) is 8.64. The Morgan fingerprint density at radius 3 is 2.21 bits per heavy atom. The van der Waals surface area contributed by atoms with Gasteiger partial charge in [0.05, 0.1) is 23.0 Å². The highest BCUT2D eigenvalue weighted by molar-refractivity contribution is 6.62. The molecule has 0 spiro atoms. The fourth-order valence-corrected chi connectivity index (χ4v) is 1.83. The number of aliphatic hydroxyl groups excluding tert-OH is 1. The summed E-state index contributed by atoms with van der Waals surface area (Å²) in [5.74, 6) is -0.482. The fraction of sp³-hybridized carbons (Fsp3) is 0.615. The largest absolute Gasteiger partial charge is 0.499 e. The van der Waals surface area contributed by atoms with Crippen molar-refractivity contribution < 1.29 is 18.8 Å². The lowest BCUT2D eigenvalue weighted by Gasteiger charge is -2.32. The number of aromatic nitrogens is 1. The van der Waals surface area contributed by atoms with Crippen molar-refractivity contribution in [2.75, 3.05) is 0 Å². The van der Waals surface area contributed by atoms with Crippen LogP contribution in [0.25, 0.3) is 0 Å². The molecule has 0 radical (unpaired) electrons. The average Bonchev–Trinajstić information content (AvgIpc) is 2.47. The van der Waals surface area contributed by atoms with Crippen molar-refractivity contribution in [3.8, 4) is 0 Å². The van der Waals surface area contributed by atoms with Crippen LogP contribution in [0.5, 0.6) is 0 Å². The Labute approximate surface area is 113 Å². The lowest BCUT2D eigenvalue weighted by molar-refractivity contribution is 0.00578. The molecule has 0 bridgehead atoms. The molecule has 6 heteroatoms. The zero-order valence-corrected chi connectivity index (χ0v) is 11.9. The van der Waals surface area contributed by atoms with Gasteiger partial charge in [-0.05, 0) is 40.7 Å². The molecule has 2 rings (SSSR count). The van der Waals surface area contributed by atoms with Crippen LogP contribution in [0.15, 0.2) is 12.3 Å². The van der Waals surface area contributed by atoms with Gasteiger partial charge in [-0.2, -0.15) is 0 Å². The third-order valence-corrected chi connectivity index (χ3v) is 3.84. The summed E-state index contributed by atoms with van der Waals surface area (Å²) in [4.78, 5) is 4.03. The highest BCUT2D eigenvalue weighted by Crippen LogP contribution is 2.36. The van der Waals surface area contributed by atoms with E-state index in [9.17, 15) is 9.50 Å². The van der Waals surface area contributed by atoms with E-state index in [-0.39, 0.29) is 11.2 Å². The van der Waals surface area contributed by atoms with Crippen molar-refractivity contribution in [1.82, 2.24) is 4.98 Å². The molecule has 0 aromatic carbocycles. The van der Waals surface area contributed by atoms with Crippen LogP contribution in [0.1, 0.15) is 46.4 Å². The maximum atomic E-state index is 14.1. The summed E-state index contributed by atoms with van der Waals surface area (Å²) in [6.45, 7) is 9.16. The summed E-state index contributed by atoms with van der Waals surface area (Å²) in [5.41, 5.74) is -0.499. The van der Waals surface area contributed by atoms with E-state index < -0.39 is 30.2 Å². The maximum Gasteiger partial charge on any atom is 0.499 e. The number of rotatable bonds is 2. The zero-order valence-electron chi connectivity index (χ0n) is 11.9. The molecular formula is C13H19BFNO3. The molecule has 19 heavy (non-hydrogen) atoms. The SMILES string of the molecule is CC(O)c1cc(F)c(B2OC(C)(C)C(C)(C)O2)cn1. The van der Waals surface area contributed by atoms with Gasteiger partial charge >= 0.3 is 7.12 Å². The monoisotopic (exact) mass is 267 g/mol. The standard InChI is InChI=1S/C13H19BFNO3/c1-8(17)11-6-10(15)9(7-16-11)14-18-12(2,3)13(4,5)19-14/h6-8,17H,1-5H3. The summed E-state index contributed by atoms with van der Waals surface area (Å²) in [6.07, 6.45) is 0.557. The van der Waals surface area contributed by atoms with Gasteiger partial charge in [-0.25, -0.2) is 4.39 Å². The van der Waals surface area contributed by atoms with E-state index in [0.717, 1.165) is 0 Å². The Balaban J connectivity index is 2.30. The van der Waals surface area contributed by atoms with Gasteiger partial charge in [-0.3, -0.25) is 4.98 Å². The van der Waals surface area contributed by atoms with Crippen LogP contribution >= 0.6 is 0 Å². The van der Waals surface area contributed by atoms with E-state index in [1.807, 2.05) is 27.7 Å². The number of hydrogen-bond acceptors (Lipinski definition) is 4. The summed E-state index contributed by atoms with van der Waals surface area (Å²) in [5, 5.41) is 9.38. The highest BCUT2D eigenvalue weighted by Gasteiger charge is 2.52. The molecule has 4 nitrogen and oxygen atoms in total. The van der Waals surface area contributed by atoms with Crippen molar-refractivity contribution in [2.24, 2.45) is 0 Å². The molecule has 0 amide bonds. The molecule has 0 aliphatic carbocycles. The third kappa shape index (κ3) is 2.52. The van der Waals surface area contributed by atoms with Crippen LogP contribution in [-0.4, -0.2) is 28.4 Å². The minimum atomic E-state index is -0.804. The van der Waals surface area contributed by atoms with Crippen molar-refractivity contribution in [2.45, 2.75) is 51.9 Å². The normalized spacial score (nSPS) is 22.6. The highest BCUT2D eigenvalue weighted by atomic mass is 19.1. The topological polar surface area (TPSA) is 51.6 Å². The summed E-state index contributed by atoms with van der Waals surface area (Å²) in [7, 11) is -0.777. The Bertz CT molecular complexity index is 475. The molecule has 1 aliphatic heterocycles. The van der Waals surface area contributed by atoms with Gasteiger partial charge in [0.2, 0.25) is 0 Å². The molecule has 1 aliphatic rings. The van der Waals surface area contributed by atoms with Crippen LogP contribution in [0.4, 0.5) is 4.39 Å². The molecule has 0 saturated carbocycles. The third-order valence-electron chi connectivity index (χ3n) is 3.84. The molecule has 1 aromatic heterocycles. The fourth-order valence-electron chi connectivity index (χ4n) is 1.83. The van der Waals surface area contributed by atoms with Crippen LogP contribution in [0.3, 0.4) is 0 Å². The van der Waals surface area contributed by atoms with Crippen LogP contribution < -0.4 is 5.46 Å². The number of aliphatic hydroxyl groups is 1. The Kier molecular flexibility index (Phi) is 3.45. The van der Waals surface area contributed by atoms with E-state index in [1.54, 1.807) is 0 Å². The summed E-state index contributed by atoms with van der Waals surface area (Å²) < 4.78 is 25.6. The first-order valence-corrected chi connectivity index (χ1v) is 6.33. The Hall–Kier alpha value is -0.975. The molecule has 1 fully saturated rings. The van der Waals surface area contributed by atoms with E-state index in [4.69, 9.17) is 9.31 Å². The zero-order chi connectivity index (χ0) is 14.4. The number of halogens is 1. The van der Waals surface area contributed by atoms with Crippen molar-refractivity contribution in [1.29, 1.82) is 0 Å². The predicted molar refractivity (Wildman–Crippen MR) is 70.5 cm³/mol. The molecule has 2 heterocycles. The van der Waals surface area contributed by atoms with Gasteiger partial charge in [-0.15, -0.1) is 0 Å². The first kappa shape index (κ1) is 14.4. The van der Waals surface area contributed by atoms with E-state index in [0.29, 0.717) is 0 Å². The smallest absolute Gasteiger partial charge is 0.399 e. The van der Waals surface area contributed by atoms with Gasteiger partial charge < -0.3 is 14.4 Å². The molecule has 1 saturated heterocycles. The molecule has 1 aromatic rings. The molecule has 1 unspecified atom stereocenters. The van der Waals surface area contributed by atoms with E-state index >= 15 is 0 Å². The van der Waals surface area contributed by atoms with E-state index in [1.165, 1.54) is 19.2 Å². The molecular weight excluding hydrogens is 248 g/mol. The minimum absolute atomic E-state index is 0.253. The van der Waals surface area contributed by atoms with Crippen LogP contribution in [0, 0.1) is 5.82 Å². The lowest BCUT2D eigenvalue weighted by Crippen LogP contribution is -2.41. The average molecular weight is 267 g/mol. The summed E-state index contributed by atoms with van der Waals surface area (Å²) >= 11 is 0. The van der Waals surface area contributed by atoms with Crippen molar-refractivity contribution in [3.05, 3.63) is 23.8 Å². The van der Waals surface area contributed by atoms with E-state index in [2.05, 4.69) is 4.98 Å². The van der Waals surface area contributed by atoms with Gasteiger partial charge in [-0.1, -0.05) is 0 Å². The second-order valence-electron chi connectivity index (χ2n) is 5.89. The number of nitrogens with zero attached hydrogens (tertiary/aromatic N) is 1. The Morgan fingerprint density at radius 1 is 1.26 bits per heavy atom.